The Hall–Kier alpha value is -4.45. The predicted molar refractivity (Wildman–Crippen MR) is 153 cm³/mol. The summed E-state index contributed by atoms with van der Waals surface area (Å²) in [5.41, 5.74) is 6.77. The highest BCUT2D eigenvalue weighted by Gasteiger charge is 2.40. The number of hydrogen-bond donors (Lipinski definition) is 5. The van der Waals surface area contributed by atoms with Crippen LogP contribution in [0.4, 0.5) is 4.79 Å². The van der Waals surface area contributed by atoms with Crippen LogP contribution in [0.1, 0.15) is 44.2 Å². The lowest BCUT2D eigenvalue weighted by atomic mass is 9.99. The van der Waals surface area contributed by atoms with Gasteiger partial charge in [-0.25, -0.2) is 4.79 Å². The number of hydrogen-bond acceptors (Lipinski definition) is 7. The molecule has 2 aromatic carbocycles. The van der Waals surface area contributed by atoms with Crippen molar-refractivity contribution in [3.63, 3.8) is 0 Å². The number of amides is 5. The van der Waals surface area contributed by atoms with Gasteiger partial charge in [0.25, 0.3) is 5.91 Å². The lowest BCUT2D eigenvalue weighted by Gasteiger charge is -2.31. The van der Waals surface area contributed by atoms with E-state index in [9.17, 15) is 29.1 Å². The highest BCUT2D eigenvalue weighted by Crippen LogP contribution is 2.20. The molecule has 0 aromatic heterocycles. The van der Waals surface area contributed by atoms with E-state index in [2.05, 4.69) is 16.0 Å². The summed E-state index contributed by atoms with van der Waals surface area (Å²) in [4.78, 5) is 65.1. The van der Waals surface area contributed by atoms with Crippen molar-refractivity contribution in [2.24, 2.45) is 5.73 Å². The van der Waals surface area contributed by atoms with Crippen molar-refractivity contribution in [3.05, 3.63) is 71.8 Å². The quantitative estimate of drug-likeness (QED) is 0.232. The maximum Gasteiger partial charge on any atom is 0.408 e. The first kappa shape index (κ1) is 32.1. The van der Waals surface area contributed by atoms with Crippen LogP contribution in [-0.2, 0) is 36.9 Å². The summed E-state index contributed by atoms with van der Waals surface area (Å²) >= 11 is 0. The number of carbonyl (C=O) groups is 5. The summed E-state index contributed by atoms with van der Waals surface area (Å²) in [7, 11) is 0. The van der Waals surface area contributed by atoms with Crippen molar-refractivity contribution in [3.8, 4) is 0 Å². The molecule has 1 heterocycles. The number of alkyl carbamates (subject to hydrolysis) is 1. The molecule has 5 amide bonds. The lowest BCUT2D eigenvalue weighted by molar-refractivity contribution is -0.147. The van der Waals surface area contributed by atoms with Crippen LogP contribution in [0.5, 0.6) is 0 Å². The Balaban J connectivity index is 1.75. The summed E-state index contributed by atoms with van der Waals surface area (Å²) in [6.45, 7) is 3.83. The fourth-order valence-corrected chi connectivity index (χ4v) is 4.74. The minimum atomic E-state index is -1.72. The summed E-state index contributed by atoms with van der Waals surface area (Å²) in [5.74, 6) is -2.72. The molecule has 0 saturated carbocycles. The summed E-state index contributed by atoms with van der Waals surface area (Å²) < 4.78 is 5.18. The Kier molecular flexibility index (Phi) is 11.9. The zero-order valence-corrected chi connectivity index (χ0v) is 23.8. The molecule has 1 fully saturated rings. The van der Waals surface area contributed by atoms with Crippen LogP contribution in [-0.4, -0.2) is 76.5 Å². The smallest absolute Gasteiger partial charge is 0.408 e. The van der Waals surface area contributed by atoms with E-state index in [-0.39, 0.29) is 31.5 Å². The molecule has 0 unspecified atom stereocenters. The maximum absolute atomic E-state index is 13.5. The van der Waals surface area contributed by atoms with Crippen LogP contribution >= 0.6 is 0 Å². The highest BCUT2D eigenvalue weighted by molar-refractivity contribution is 5.93. The first-order chi connectivity index (χ1) is 20.0. The van der Waals surface area contributed by atoms with Crippen molar-refractivity contribution < 1.29 is 33.8 Å². The van der Waals surface area contributed by atoms with Gasteiger partial charge in [0.2, 0.25) is 17.7 Å². The molecule has 4 atom stereocenters. The number of rotatable bonds is 13. The van der Waals surface area contributed by atoms with Crippen LogP contribution in [0.2, 0.25) is 0 Å². The van der Waals surface area contributed by atoms with Gasteiger partial charge in [-0.3, -0.25) is 19.2 Å². The van der Waals surface area contributed by atoms with E-state index >= 15 is 0 Å². The number of primary amides is 1. The van der Waals surface area contributed by atoms with Crippen molar-refractivity contribution >= 4 is 29.7 Å². The number of carbonyl (C=O) groups excluding carboxylic acids is 5. The van der Waals surface area contributed by atoms with E-state index in [1.165, 1.54) is 4.90 Å². The van der Waals surface area contributed by atoms with Crippen molar-refractivity contribution in [2.75, 3.05) is 6.54 Å². The summed E-state index contributed by atoms with van der Waals surface area (Å²) in [5, 5.41) is 19.0. The fourth-order valence-electron chi connectivity index (χ4n) is 4.74. The number of nitrogens with zero attached hydrogens (tertiary/aromatic N) is 1. The molecule has 1 aliphatic heterocycles. The zero-order valence-electron chi connectivity index (χ0n) is 23.8. The molecule has 0 bridgehead atoms. The largest absolute Gasteiger partial charge is 0.445 e. The average molecular weight is 582 g/mol. The number of nitrogens with two attached hydrogens (primary N) is 1. The Morgan fingerprint density at radius 3 is 2.17 bits per heavy atom. The number of ether oxygens (including phenoxy) is 1. The van der Waals surface area contributed by atoms with Crippen molar-refractivity contribution in [2.45, 2.75) is 76.4 Å². The van der Waals surface area contributed by atoms with Gasteiger partial charge in [0, 0.05) is 12.6 Å². The Morgan fingerprint density at radius 2 is 1.57 bits per heavy atom. The second kappa shape index (κ2) is 15.5. The summed E-state index contributed by atoms with van der Waals surface area (Å²) in [6, 6.07) is 14.3. The van der Waals surface area contributed by atoms with Gasteiger partial charge in [-0.05, 0) is 44.2 Å². The third-order valence-corrected chi connectivity index (χ3v) is 6.76. The van der Waals surface area contributed by atoms with Crippen LogP contribution < -0.4 is 21.7 Å². The van der Waals surface area contributed by atoms with Gasteiger partial charge < -0.3 is 36.4 Å². The number of likely N-dealkylation sites (tertiary alicyclic amines) is 1. The molecule has 0 spiro atoms. The van der Waals surface area contributed by atoms with Gasteiger partial charge in [0.05, 0.1) is 12.5 Å². The van der Waals surface area contributed by atoms with Crippen LogP contribution in [0.15, 0.2) is 60.7 Å². The minimum absolute atomic E-state index is 0.0535. The van der Waals surface area contributed by atoms with E-state index in [0.717, 1.165) is 5.56 Å². The second-order valence-electron chi connectivity index (χ2n) is 10.5. The van der Waals surface area contributed by atoms with Crippen LogP contribution in [0.25, 0.3) is 0 Å². The van der Waals surface area contributed by atoms with Gasteiger partial charge in [0.1, 0.15) is 18.7 Å². The van der Waals surface area contributed by atoms with E-state index in [1.54, 1.807) is 54.6 Å². The molecule has 2 aromatic rings. The molecule has 226 valence electrons. The summed E-state index contributed by atoms with van der Waals surface area (Å²) in [6.07, 6.45) is -2.13. The van der Waals surface area contributed by atoms with E-state index in [1.807, 2.05) is 19.9 Å². The molecule has 42 heavy (non-hydrogen) atoms. The number of benzene rings is 2. The third-order valence-electron chi connectivity index (χ3n) is 6.76. The lowest BCUT2D eigenvalue weighted by Crippen LogP contribution is -2.58. The molecule has 6 N–H and O–H groups in total. The molecular weight excluding hydrogens is 542 g/mol. The van der Waals surface area contributed by atoms with Gasteiger partial charge in [0.15, 0.2) is 6.10 Å². The maximum atomic E-state index is 13.5. The van der Waals surface area contributed by atoms with Gasteiger partial charge >= 0.3 is 6.09 Å². The van der Waals surface area contributed by atoms with E-state index in [0.29, 0.717) is 18.4 Å². The molecular formula is C30H39N5O7. The number of aliphatic hydroxyl groups excluding tert-OH is 1. The molecule has 1 saturated heterocycles. The Morgan fingerprint density at radius 1 is 0.952 bits per heavy atom. The highest BCUT2D eigenvalue weighted by atomic mass is 16.5. The normalized spacial score (nSPS) is 16.7. The van der Waals surface area contributed by atoms with Crippen molar-refractivity contribution in [1.82, 2.24) is 20.9 Å². The standard InChI is InChI=1S/C30H39N5O7/c1-19(2)32-28(39)24-14-9-15-35(24)29(40)26(37)22(16-20-10-5-3-6-11-20)33-27(38)23(17-25(31)36)34-30(41)42-18-21-12-7-4-8-13-21/h3-8,10-13,19,22-24,26,37H,9,14-18H2,1-2H3,(H2,31,36)(H,32,39)(H,33,38)(H,34,41)/t22-,23-,24-,26-/m0/s1. The number of nitrogens with one attached hydrogen (secondary N) is 3. The predicted octanol–water partition coefficient (Wildman–Crippen LogP) is 0.761. The van der Waals surface area contributed by atoms with Gasteiger partial charge in [-0.1, -0.05) is 60.7 Å². The first-order valence-electron chi connectivity index (χ1n) is 13.9. The van der Waals surface area contributed by atoms with Crippen molar-refractivity contribution in [1.29, 1.82) is 0 Å². The monoisotopic (exact) mass is 581 g/mol. The van der Waals surface area contributed by atoms with Gasteiger partial charge in [-0.15, -0.1) is 0 Å². The number of aliphatic hydroxyl groups is 1. The minimum Gasteiger partial charge on any atom is -0.445 e. The SMILES string of the molecule is CC(C)NC(=O)[C@@H]1CCCN1C(=O)[C@@H](O)[C@H](Cc1ccccc1)NC(=O)[C@H](CC(N)=O)NC(=O)OCc1ccccc1. The molecule has 1 aliphatic rings. The average Bonchev–Trinajstić information content (AvgIpc) is 3.45. The Bertz CT molecular complexity index is 1230. The molecule has 12 heteroatoms. The van der Waals surface area contributed by atoms with E-state index < -0.39 is 54.5 Å². The zero-order chi connectivity index (χ0) is 30.6. The second-order valence-corrected chi connectivity index (χ2v) is 10.5. The van der Waals surface area contributed by atoms with Crippen LogP contribution in [0.3, 0.4) is 0 Å². The Labute approximate surface area is 245 Å². The first-order valence-corrected chi connectivity index (χ1v) is 13.9. The fraction of sp³-hybridized carbons (Fsp3) is 0.433. The van der Waals surface area contributed by atoms with Crippen LogP contribution in [0, 0.1) is 0 Å². The van der Waals surface area contributed by atoms with E-state index in [4.69, 9.17) is 10.5 Å². The van der Waals surface area contributed by atoms with Gasteiger partial charge in [-0.2, -0.15) is 0 Å². The molecule has 12 nitrogen and oxygen atoms in total. The topological polar surface area (TPSA) is 180 Å². The molecule has 0 radical (unpaired) electrons. The third kappa shape index (κ3) is 9.58. The molecule has 3 rings (SSSR count). The molecule has 0 aliphatic carbocycles.